The maximum Gasteiger partial charge on any atom is 0.269 e. The Morgan fingerprint density at radius 3 is 1.58 bits per heavy atom. The lowest BCUT2D eigenvalue weighted by atomic mass is 10.1. The Hall–Kier alpha value is -4.11. The second kappa shape index (κ2) is 11.0. The highest BCUT2D eigenvalue weighted by molar-refractivity contribution is 7.80. The molecule has 0 unspecified atom stereocenters. The van der Waals surface area contributed by atoms with Gasteiger partial charge in [-0.25, -0.2) is 0 Å². The number of nitrogens with zero attached hydrogens (tertiary/aromatic N) is 2. The van der Waals surface area contributed by atoms with Crippen LogP contribution in [-0.2, 0) is 0 Å². The van der Waals surface area contributed by atoms with E-state index >= 15 is 0 Å². The molecule has 0 aliphatic heterocycles. The van der Waals surface area contributed by atoms with Crippen LogP contribution in [0.3, 0.4) is 0 Å². The average Bonchev–Trinajstić information content (AvgIpc) is 2.82. The van der Waals surface area contributed by atoms with Crippen molar-refractivity contribution in [1.82, 2.24) is 0 Å². The fourth-order valence-electron chi connectivity index (χ4n) is 3.01. The van der Waals surface area contributed by atoms with Crippen LogP contribution in [0, 0.1) is 20.2 Å². The molecule has 0 aliphatic carbocycles. The molecule has 8 nitrogen and oxygen atoms in total. The first-order valence-corrected chi connectivity index (χ1v) is 10.4. The Morgan fingerprint density at radius 1 is 0.758 bits per heavy atom. The number of nitro groups is 2. The second-order valence-electron chi connectivity index (χ2n) is 6.77. The van der Waals surface area contributed by atoms with Crippen molar-refractivity contribution in [1.29, 1.82) is 0 Å². The van der Waals surface area contributed by atoms with E-state index in [4.69, 9.17) is 9.47 Å². The van der Waals surface area contributed by atoms with E-state index in [0.29, 0.717) is 11.5 Å². The molecule has 0 fully saturated rings. The Labute approximate surface area is 195 Å². The van der Waals surface area contributed by atoms with Crippen molar-refractivity contribution >= 4 is 48.3 Å². The first kappa shape index (κ1) is 23.6. The Kier molecular flexibility index (Phi) is 7.82. The molecule has 0 N–H and O–H groups in total. The SMILES string of the molecule is COc1cc(/C=C/c2ccc([N+](=O)[O-])cc2)c(OCS)cc1/C=C/c1ccc([N+](=O)[O-])cc1. The number of hydrogen-bond acceptors (Lipinski definition) is 7. The number of methoxy groups -OCH3 is 1. The molecule has 0 saturated carbocycles. The molecule has 0 amide bonds. The van der Waals surface area contributed by atoms with Crippen molar-refractivity contribution in [2.45, 2.75) is 0 Å². The molecule has 0 aromatic heterocycles. The van der Waals surface area contributed by atoms with Gasteiger partial charge in [-0.05, 0) is 47.5 Å². The van der Waals surface area contributed by atoms with Gasteiger partial charge in [-0.15, -0.1) is 12.6 Å². The zero-order chi connectivity index (χ0) is 23.8. The Morgan fingerprint density at radius 2 is 1.18 bits per heavy atom. The van der Waals surface area contributed by atoms with Crippen LogP contribution in [0.1, 0.15) is 22.3 Å². The minimum absolute atomic E-state index is 0.0251. The first-order valence-electron chi connectivity index (χ1n) is 9.72. The highest BCUT2D eigenvalue weighted by atomic mass is 32.1. The van der Waals surface area contributed by atoms with Crippen LogP contribution in [0.5, 0.6) is 11.5 Å². The summed E-state index contributed by atoms with van der Waals surface area (Å²) in [5, 5.41) is 21.6. The summed E-state index contributed by atoms with van der Waals surface area (Å²) in [6.07, 6.45) is 7.29. The highest BCUT2D eigenvalue weighted by Gasteiger charge is 2.10. The van der Waals surface area contributed by atoms with E-state index in [1.807, 2.05) is 36.4 Å². The standard InChI is InChI=1S/C24H20N2O6S/c1-31-23-14-20(9-3-18-6-12-22(13-7-18)26(29)30)24(32-16-33)15-19(23)8-2-17-4-10-21(11-5-17)25(27)28/h2-15,33H,16H2,1H3/b8-2+,9-3+. The summed E-state index contributed by atoms with van der Waals surface area (Å²) in [7, 11) is 1.56. The summed E-state index contributed by atoms with van der Waals surface area (Å²) in [6, 6.07) is 16.0. The minimum atomic E-state index is -0.445. The summed E-state index contributed by atoms with van der Waals surface area (Å²) in [5.74, 6) is 1.34. The molecule has 3 aromatic carbocycles. The molecular formula is C24H20N2O6S. The van der Waals surface area contributed by atoms with Crippen molar-refractivity contribution in [2.75, 3.05) is 13.0 Å². The minimum Gasteiger partial charge on any atom is -0.496 e. The molecule has 0 aliphatic rings. The number of ether oxygens (including phenoxy) is 2. The number of hydrogen-bond donors (Lipinski definition) is 1. The van der Waals surface area contributed by atoms with Gasteiger partial charge < -0.3 is 9.47 Å². The van der Waals surface area contributed by atoms with Crippen LogP contribution in [0.4, 0.5) is 11.4 Å². The predicted octanol–water partition coefficient (Wildman–Crippen LogP) is 6.12. The van der Waals surface area contributed by atoms with Crippen LogP contribution in [-0.4, -0.2) is 22.9 Å². The maximum absolute atomic E-state index is 10.8. The van der Waals surface area contributed by atoms with Crippen molar-refractivity contribution in [3.8, 4) is 11.5 Å². The molecular weight excluding hydrogens is 444 g/mol. The zero-order valence-electron chi connectivity index (χ0n) is 17.6. The monoisotopic (exact) mass is 464 g/mol. The Balaban J connectivity index is 1.89. The van der Waals surface area contributed by atoms with E-state index < -0.39 is 9.85 Å². The topological polar surface area (TPSA) is 105 Å². The molecule has 0 spiro atoms. The van der Waals surface area contributed by atoms with Crippen molar-refractivity contribution in [2.24, 2.45) is 0 Å². The van der Waals surface area contributed by atoms with Crippen molar-refractivity contribution in [3.63, 3.8) is 0 Å². The third-order valence-corrected chi connectivity index (χ3v) is 4.83. The molecule has 0 saturated heterocycles. The summed E-state index contributed by atoms with van der Waals surface area (Å²) in [5.41, 5.74) is 3.13. The van der Waals surface area contributed by atoms with Gasteiger partial charge in [0.25, 0.3) is 11.4 Å². The molecule has 3 aromatic rings. The van der Waals surface area contributed by atoms with Crippen LogP contribution in [0.25, 0.3) is 24.3 Å². The van der Waals surface area contributed by atoms with Gasteiger partial charge in [-0.2, -0.15) is 0 Å². The van der Waals surface area contributed by atoms with Gasteiger partial charge in [0.2, 0.25) is 0 Å². The van der Waals surface area contributed by atoms with Crippen LogP contribution < -0.4 is 9.47 Å². The van der Waals surface area contributed by atoms with E-state index in [2.05, 4.69) is 12.6 Å². The molecule has 0 atom stereocenters. The van der Waals surface area contributed by atoms with Crippen molar-refractivity contribution in [3.05, 3.63) is 103 Å². The first-order chi connectivity index (χ1) is 15.9. The lowest BCUT2D eigenvalue weighted by Gasteiger charge is -2.12. The second-order valence-corrected chi connectivity index (χ2v) is 7.03. The number of rotatable bonds is 9. The molecule has 9 heteroatoms. The molecule has 168 valence electrons. The fraction of sp³-hybridized carbons (Fsp3) is 0.0833. The van der Waals surface area contributed by atoms with Crippen LogP contribution in [0.15, 0.2) is 60.7 Å². The normalized spacial score (nSPS) is 11.1. The quantitative estimate of drug-likeness (QED) is 0.134. The number of thiol groups is 1. The summed E-state index contributed by atoms with van der Waals surface area (Å²) < 4.78 is 11.2. The molecule has 33 heavy (non-hydrogen) atoms. The largest absolute Gasteiger partial charge is 0.496 e. The zero-order valence-corrected chi connectivity index (χ0v) is 18.5. The number of nitro benzene ring substituents is 2. The smallest absolute Gasteiger partial charge is 0.269 e. The summed E-state index contributed by atoms with van der Waals surface area (Å²) in [4.78, 5) is 20.7. The molecule has 0 radical (unpaired) electrons. The van der Waals surface area contributed by atoms with Gasteiger partial charge in [-0.3, -0.25) is 20.2 Å². The van der Waals surface area contributed by atoms with Crippen molar-refractivity contribution < 1.29 is 19.3 Å². The number of non-ortho nitro benzene ring substituents is 2. The van der Waals surface area contributed by atoms with Gasteiger partial charge in [0, 0.05) is 35.4 Å². The lowest BCUT2D eigenvalue weighted by molar-refractivity contribution is -0.385. The summed E-state index contributed by atoms with van der Waals surface area (Å²) in [6.45, 7) is 0. The predicted molar refractivity (Wildman–Crippen MR) is 132 cm³/mol. The van der Waals surface area contributed by atoms with E-state index in [1.54, 1.807) is 31.4 Å². The van der Waals surface area contributed by atoms with E-state index in [9.17, 15) is 20.2 Å². The van der Waals surface area contributed by atoms with Gasteiger partial charge in [0.15, 0.2) is 0 Å². The molecule has 0 bridgehead atoms. The third kappa shape index (κ3) is 6.20. The molecule has 0 heterocycles. The lowest BCUT2D eigenvalue weighted by Crippen LogP contribution is -1.95. The summed E-state index contributed by atoms with van der Waals surface area (Å²) >= 11 is 4.15. The van der Waals surface area contributed by atoms with E-state index in [-0.39, 0.29) is 17.3 Å². The number of benzene rings is 3. The maximum atomic E-state index is 10.8. The van der Waals surface area contributed by atoms with Gasteiger partial charge >= 0.3 is 0 Å². The van der Waals surface area contributed by atoms with E-state index in [1.165, 1.54) is 24.3 Å². The fourth-order valence-corrected chi connectivity index (χ4v) is 3.15. The molecule has 3 rings (SSSR count). The Bertz CT molecular complexity index is 1200. The van der Waals surface area contributed by atoms with Gasteiger partial charge in [-0.1, -0.05) is 24.3 Å². The third-order valence-electron chi connectivity index (χ3n) is 4.70. The van der Waals surface area contributed by atoms with Crippen LogP contribution in [0.2, 0.25) is 0 Å². The average molecular weight is 464 g/mol. The van der Waals surface area contributed by atoms with Gasteiger partial charge in [0.05, 0.1) is 17.0 Å². The highest BCUT2D eigenvalue weighted by Crippen LogP contribution is 2.32. The van der Waals surface area contributed by atoms with Crippen LogP contribution >= 0.6 is 12.6 Å². The van der Waals surface area contributed by atoms with Gasteiger partial charge in [0.1, 0.15) is 17.4 Å². The van der Waals surface area contributed by atoms with E-state index in [0.717, 1.165) is 22.3 Å².